The van der Waals surface area contributed by atoms with Crippen LogP contribution in [0.3, 0.4) is 0 Å². The first kappa shape index (κ1) is 14.6. The molecule has 110 valence electrons. The zero-order chi connectivity index (χ0) is 13.8. The molecule has 1 N–H and O–H groups in total. The van der Waals surface area contributed by atoms with Gasteiger partial charge in [0.15, 0.2) is 0 Å². The smallest absolute Gasteiger partial charge is 0.126 e. The summed E-state index contributed by atoms with van der Waals surface area (Å²) < 4.78 is 5.95. The molecular weight excluding hydrogens is 286 g/mol. The minimum atomic E-state index is 0.458. The normalized spacial score (nSPS) is 26.4. The number of aryl methyl sites for hydroxylation is 1. The number of nitrogens with one attached hydrogen (secondary N) is 1. The Hall–Kier alpha value is -0.320. The van der Waals surface area contributed by atoms with Crippen molar-refractivity contribution in [3.63, 3.8) is 0 Å². The van der Waals surface area contributed by atoms with Gasteiger partial charge in [0.25, 0.3) is 0 Å². The minimum Gasteiger partial charge on any atom is -0.493 e. The molecule has 2 nitrogen and oxygen atoms in total. The third-order valence-electron chi connectivity index (χ3n) is 3.98. The van der Waals surface area contributed by atoms with Crippen molar-refractivity contribution in [3.05, 3.63) is 29.3 Å². The molecule has 0 spiro atoms. The summed E-state index contributed by atoms with van der Waals surface area (Å²) in [6.07, 6.45) is 2.32. The van der Waals surface area contributed by atoms with E-state index < -0.39 is 0 Å². The average molecular weight is 310 g/mol. The Bertz CT molecular complexity index is 446. The molecule has 0 bridgehead atoms. The van der Waals surface area contributed by atoms with E-state index in [1.807, 2.05) is 0 Å². The second-order valence-electron chi connectivity index (χ2n) is 5.51. The van der Waals surface area contributed by atoms with E-state index in [1.165, 1.54) is 34.8 Å². The van der Waals surface area contributed by atoms with Crippen LogP contribution >= 0.6 is 23.5 Å². The van der Waals surface area contributed by atoms with Crippen molar-refractivity contribution in [2.24, 2.45) is 0 Å². The maximum atomic E-state index is 5.95. The summed E-state index contributed by atoms with van der Waals surface area (Å²) in [7, 11) is 0. The first-order chi connectivity index (χ1) is 9.84. The summed E-state index contributed by atoms with van der Waals surface area (Å²) in [5, 5.41) is 4.57. The van der Waals surface area contributed by atoms with Crippen molar-refractivity contribution in [1.29, 1.82) is 0 Å². The maximum absolute atomic E-state index is 5.95. The number of hydrogen-bond donors (Lipinski definition) is 1. The molecular formula is C16H23NOS2. The van der Waals surface area contributed by atoms with Crippen molar-refractivity contribution in [2.45, 2.75) is 31.1 Å². The molecule has 2 aliphatic rings. The molecule has 2 heterocycles. The van der Waals surface area contributed by atoms with Crippen LogP contribution in [-0.4, -0.2) is 35.7 Å². The number of thioether (sulfide) groups is 2. The lowest BCUT2D eigenvalue weighted by molar-refractivity contribution is 0.313. The largest absolute Gasteiger partial charge is 0.493 e. The van der Waals surface area contributed by atoms with Crippen molar-refractivity contribution >= 4 is 23.5 Å². The maximum Gasteiger partial charge on any atom is 0.126 e. The van der Waals surface area contributed by atoms with Gasteiger partial charge in [0.1, 0.15) is 5.75 Å². The van der Waals surface area contributed by atoms with Crippen LogP contribution < -0.4 is 10.1 Å². The molecule has 0 saturated carbocycles. The molecule has 1 aromatic carbocycles. The molecule has 2 unspecified atom stereocenters. The summed E-state index contributed by atoms with van der Waals surface area (Å²) in [5.74, 6) is 5.04. The molecule has 1 saturated heterocycles. The van der Waals surface area contributed by atoms with Crippen LogP contribution in [0.15, 0.2) is 18.2 Å². The van der Waals surface area contributed by atoms with E-state index in [0.717, 1.165) is 30.6 Å². The monoisotopic (exact) mass is 309 g/mol. The highest BCUT2D eigenvalue weighted by Crippen LogP contribution is 2.34. The van der Waals surface area contributed by atoms with Gasteiger partial charge in [-0.2, -0.15) is 23.5 Å². The quantitative estimate of drug-likeness (QED) is 0.920. The van der Waals surface area contributed by atoms with Crippen LogP contribution in [0.5, 0.6) is 5.75 Å². The lowest BCUT2D eigenvalue weighted by Gasteiger charge is -2.25. The van der Waals surface area contributed by atoms with Gasteiger partial charge in [0, 0.05) is 40.7 Å². The molecule has 0 amide bonds. The molecule has 2 atom stereocenters. The Labute approximate surface area is 130 Å². The average Bonchev–Trinajstić information content (AvgIpc) is 2.70. The fraction of sp³-hybridized carbons (Fsp3) is 0.625. The Morgan fingerprint density at radius 2 is 2.30 bits per heavy atom. The van der Waals surface area contributed by atoms with Crippen LogP contribution in [0, 0.1) is 6.92 Å². The van der Waals surface area contributed by atoms with Crippen LogP contribution in [0.2, 0.25) is 0 Å². The highest BCUT2D eigenvalue weighted by atomic mass is 32.2. The standard InChI is InChI=1S/C16H23NOS2/c1-12-4-2-5-14-15(6-3-7-18-16(12)14)17-10-13-11-19-8-9-20-13/h2,4-5,13,15,17H,3,6-11H2,1H3. The molecule has 0 radical (unpaired) electrons. The number of hydrogen-bond acceptors (Lipinski definition) is 4. The van der Waals surface area contributed by atoms with Crippen LogP contribution in [-0.2, 0) is 0 Å². The van der Waals surface area contributed by atoms with Crippen LogP contribution in [0.25, 0.3) is 0 Å². The molecule has 0 aromatic heterocycles. The van der Waals surface area contributed by atoms with E-state index in [0.29, 0.717) is 6.04 Å². The SMILES string of the molecule is Cc1cccc2c1OCCCC2NCC1CSCCS1. The van der Waals surface area contributed by atoms with E-state index >= 15 is 0 Å². The van der Waals surface area contributed by atoms with Gasteiger partial charge in [0.2, 0.25) is 0 Å². The van der Waals surface area contributed by atoms with Gasteiger partial charge < -0.3 is 10.1 Å². The molecule has 0 aliphatic carbocycles. The molecule has 3 rings (SSSR count). The number of benzene rings is 1. The molecule has 20 heavy (non-hydrogen) atoms. The summed E-state index contributed by atoms with van der Waals surface area (Å²) in [6.45, 7) is 4.12. The van der Waals surface area contributed by atoms with Crippen LogP contribution in [0.1, 0.15) is 30.0 Å². The van der Waals surface area contributed by atoms with Gasteiger partial charge in [-0.05, 0) is 25.3 Å². The fourth-order valence-electron chi connectivity index (χ4n) is 2.90. The highest BCUT2D eigenvalue weighted by molar-refractivity contribution is 8.06. The number of fused-ring (bicyclic) bond motifs is 1. The molecule has 1 fully saturated rings. The Morgan fingerprint density at radius 3 is 3.15 bits per heavy atom. The van der Waals surface area contributed by atoms with E-state index in [1.54, 1.807) is 0 Å². The fourth-order valence-corrected chi connectivity index (χ4v) is 5.53. The Kier molecular flexibility index (Phi) is 5.19. The van der Waals surface area contributed by atoms with Gasteiger partial charge in [-0.15, -0.1) is 0 Å². The number of ether oxygens (including phenoxy) is 1. The first-order valence-corrected chi connectivity index (χ1v) is 9.70. The third-order valence-corrected chi connectivity index (χ3v) is 6.82. The summed E-state index contributed by atoms with van der Waals surface area (Å²) in [5.41, 5.74) is 2.62. The van der Waals surface area contributed by atoms with Crippen molar-refractivity contribution in [3.8, 4) is 5.75 Å². The van der Waals surface area contributed by atoms with Gasteiger partial charge in [-0.1, -0.05) is 18.2 Å². The lowest BCUT2D eigenvalue weighted by Crippen LogP contribution is -2.31. The Balaban J connectivity index is 1.68. The molecule has 4 heteroatoms. The Morgan fingerprint density at radius 1 is 1.35 bits per heavy atom. The number of para-hydroxylation sites is 1. The third kappa shape index (κ3) is 3.46. The van der Waals surface area contributed by atoms with Crippen molar-refractivity contribution in [2.75, 3.05) is 30.4 Å². The molecule has 2 aliphatic heterocycles. The van der Waals surface area contributed by atoms with E-state index in [9.17, 15) is 0 Å². The zero-order valence-corrected chi connectivity index (χ0v) is 13.7. The van der Waals surface area contributed by atoms with E-state index in [-0.39, 0.29) is 0 Å². The van der Waals surface area contributed by atoms with E-state index in [4.69, 9.17) is 4.74 Å². The predicted molar refractivity (Wildman–Crippen MR) is 90.2 cm³/mol. The van der Waals surface area contributed by atoms with Crippen molar-refractivity contribution < 1.29 is 4.74 Å². The van der Waals surface area contributed by atoms with E-state index in [2.05, 4.69) is 54.0 Å². The minimum absolute atomic E-state index is 0.458. The summed E-state index contributed by atoms with van der Waals surface area (Å²) in [6, 6.07) is 6.99. The van der Waals surface area contributed by atoms with Gasteiger partial charge in [-0.25, -0.2) is 0 Å². The number of rotatable bonds is 3. The second-order valence-corrected chi connectivity index (χ2v) is 8.07. The second kappa shape index (κ2) is 7.10. The summed E-state index contributed by atoms with van der Waals surface area (Å²) in [4.78, 5) is 0. The topological polar surface area (TPSA) is 21.3 Å². The zero-order valence-electron chi connectivity index (χ0n) is 12.1. The van der Waals surface area contributed by atoms with Gasteiger partial charge in [-0.3, -0.25) is 0 Å². The lowest BCUT2D eigenvalue weighted by atomic mass is 10.00. The van der Waals surface area contributed by atoms with Gasteiger partial charge in [0.05, 0.1) is 6.61 Å². The summed E-state index contributed by atoms with van der Waals surface area (Å²) >= 11 is 4.22. The van der Waals surface area contributed by atoms with Crippen molar-refractivity contribution in [1.82, 2.24) is 5.32 Å². The van der Waals surface area contributed by atoms with Crippen LogP contribution in [0.4, 0.5) is 0 Å². The highest BCUT2D eigenvalue weighted by Gasteiger charge is 2.22. The predicted octanol–water partition coefficient (Wildman–Crippen LogP) is 3.65. The van der Waals surface area contributed by atoms with Gasteiger partial charge >= 0.3 is 0 Å². The molecule has 1 aromatic rings. The first-order valence-electron chi connectivity index (χ1n) is 7.49.